The van der Waals surface area contributed by atoms with Crippen LogP contribution in [0.25, 0.3) is 5.69 Å². The lowest BCUT2D eigenvalue weighted by molar-refractivity contribution is -0.120. The number of carbonyl (C=O) groups excluding carboxylic acids is 2. The molecule has 1 aliphatic carbocycles. The van der Waals surface area contributed by atoms with Crippen molar-refractivity contribution in [2.45, 2.75) is 38.1 Å². The van der Waals surface area contributed by atoms with Crippen molar-refractivity contribution in [2.24, 2.45) is 4.99 Å². The minimum atomic E-state index is -0.356. The molecule has 156 valence electrons. The van der Waals surface area contributed by atoms with Crippen LogP contribution in [0.5, 0.6) is 0 Å². The predicted octanol–water partition coefficient (Wildman–Crippen LogP) is 2.46. The van der Waals surface area contributed by atoms with Crippen molar-refractivity contribution in [2.75, 3.05) is 24.5 Å². The number of hydrogen-bond acceptors (Lipinski definition) is 4. The van der Waals surface area contributed by atoms with Crippen molar-refractivity contribution >= 4 is 23.6 Å². The van der Waals surface area contributed by atoms with Gasteiger partial charge in [0.05, 0.1) is 24.0 Å². The Labute approximate surface area is 173 Å². The standard InChI is InChI=1S/C21H23FN6O2/c22-14-6-8-16(9-7-14)28-20-17(12-24-28)19-23-10-11-26(19)21(30)27(20)13-18(29)25-15-4-2-1-3-5-15/h6-9,12,15H,1-5,10-11,13H2,(H,25,29). The lowest BCUT2D eigenvalue weighted by Gasteiger charge is -2.34. The third-order valence-corrected chi connectivity index (χ3v) is 5.89. The van der Waals surface area contributed by atoms with Gasteiger partial charge in [0.25, 0.3) is 0 Å². The molecule has 0 spiro atoms. The van der Waals surface area contributed by atoms with Crippen molar-refractivity contribution in [3.05, 3.63) is 41.8 Å². The van der Waals surface area contributed by atoms with Gasteiger partial charge in [-0.1, -0.05) is 19.3 Å². The van der Waals surface area contributed by atoms with E-state index in [9.17, 15) is 14.0 Å². The Morgan fingerprint density at radius 3 is 2.70 bits per heavy atom. The molecule has 0 radical (unpaired) electrons. The van der Waals surface area contributed by atoms with Gasteiger partial charge in [-0.2, -0.15) is 5.10 Å². The van der Waals surface area contributed by atoms with Crippen LogP contribution in [0.2, 0.25) is 0 Å². The van der Waals surface area contributed by atoms with E-state index in [2.05, 4.69) is 15.4 Å². The molecule has 3 aliphatic rings. The summed E-state index contributed by atoms with van der Waals surface area (Å²) < 4.78 is 15.0. The third-order valence-electron chi connectivity index (χ3n) is 5.89. The highest BCUT2D eigenvalue weighted by molar-refractivity contribution is 6.20. The number of carbonyl (C=O) groups is 2. The van der Waals surface area contributed by atoms with Gasteiger partial charge in [-0.3, -0.25) is 19.6 Å². The summed E-state index contributed by atoms with van der Waals surface area (Å²) in [6.45, 7) is 0.902. The molecule has 9 heteroatoms. The maximum atomic E-state index is 13.4. The van der Waals surface area contributed by atoms with Gasteiger partial charge in [0.15, 0.2) is 5.82 Å². The molecule has 1 N–H and O–H groups in total. The van der Waals surface area contributed by atoms with Crippen LogP contribution in [0.3, 0.4) is 0 Å². The van der Waals surface area contributed by atoms with Gasteiger partial charge >= 0.3 is 6.03 Å². The first-order chi connectivity index (χ1) is 14.6. The molecule has 1 aromatic heterocycles. The van der Waals surface area contributed by atoms with Crippen molar-refractivity contribution in [1.82, 2.24) is 20.0 Å². The number of amides is 3. The van der Waals surface area contributed by atoms with Crippen molar-refractivity contribution in [1.29, 1.82) is 0 Å². The van der Waals surface area contributed by atoms with E-state index in [4.69, 9.17) is 0 Å². The highest BCUT2D eigenvalue weighted by Crippen LogP contribution is 2.32. The van der Waals surface area contributed by atoms with Gasteiger partial charge in [0, 0.05) is 12.6 Å². The summed E-state index contributed by atoms with van der Waals surface area (Å²) in [5.74, 6) is 0.521. The fourth-order valence-electron chi connectivity index (χ4n) is 4.44. The summed E-state index contributed by atoms with van der Waals surface area (Å²) in [6, 6.07) is 5.74. The van der Waals surface area contributed by atoms with E-state index in [-0.39, 0.29) is 30.3 Å². The highest BCUT2D eigenvalue weighted by atomic mass is 19.1. The minimum Gasteiger partial charge on any atom is -0.352 e. The summed E-state index contributed by atoms with van der Waals surface area (Å²) in [5, 5.41) is 7.50. The molecule has 8 nitrogen and oxygen atoms in total. The molecule has 0 saturated heterocycles. The SMILES string of the molecule is O=C(CN1C(=O)N2CCN=C2c2cnn(-c3ccc(F)cc3)c21)NC1CCCCC1. The van der Waals surface area contributed by atoms with E-state index in [1.165, 1.54) is 23.5 Å². The van der Waals surface area contributed by atoms with Crippen LogP contribution >= 0.6 is 0 Å². The Kier molecular flexibility index (Phi) is 4.72. The normalized spacial score (nSPS) is 18.8. The van der Waals surface area contributed by atoms with Crippen LogP contribution in [0, 0.1) is 5.82 Å². The Hall–Kier alpha value is -3.23. The number of urea groups is 1. The zero-order valence-electron chi connectivity index (χ0n) is 16.6. The van der Waals surface area contributed by atoms with E-state index in [1.54, 1.807) is 27.9 Å². The van der Waals surface area contributed by atoms with Gasteiger partial charge in [-0.05, 0) is 37.1 Å². The van der Waals surface area contributed by atoms with Gasteiger partial charge < -0.3 is 5.32 Å². The number of aromatic nitrogens is 2. The average molecular weight is 410 g/mol. The molecule has 1 fully saturated rings. The summed E-state index contributed by atoms with van der Waals surface area (Å²) >= 11 is 0. The summed E-state index contributed by atoms with van der Waals surface area (Å²) in [4.78, 5) is 33.5. The minimum absolute atomic E-state index is 0.0982. The second-order valence-corrected chi connectivity index (χ2v) is 7.90. The number of anilines is 1. The van der Waals surface area contributed by atoms with Gasteiger partial charge in [0.1, 0.15) is 18.2 Å². The van der Waals surface area contributed by atoms with Gasteiger partial charge in [-0.15, -0.1) is 0 Å². The number of aliphatic imine (C=N–C) groups is 1. The first-order valence-corrected chi connectivity index (χ1v) is 10.4. The molecule has 2 aromatic rings. The Balaban J connectivity index is 1.48. The smallest absolute Gasteiger partial charge is 0.331 e. The van der Waals surface area contributed by atoms with Crippen LogP contribution in [0.15, 0.2) is 35.5 Å². The molecule has 2 aliphatic heterocycles. The number of nitrogens with zero attached hydrogens (tertiary/aromatic N) is 5. The number of nitrogens with one attached hydrogen (secondary N) is 1. The molecule has 0 bridgehead atoms. The van der Waals surface area contributed by atoms with Crippen molar-refractivity contribution in [3.63, 3.8) is 0 Å². The number of halogens is 1. The first-order valence-electron chi connectivity index (χ1n) is 10.4. The van der Waals surface area contributed by atoms with E-state index in [1.807, 2.05) is 0 Å². The van der Waals surface area contributed by atoms with E-state index in [0.717, 1.165) is 25.7 Å². The second kappa shape index (κ2) is 7.55. The van der Waals surface area contributed by atoms with Crippen LogP contribution in [0.1, 0.15) is 37.7 Å². The molecule has 1 aromatic carbocycles. The molecular formula is C21H23FN6O2. The second-order valence-electron chi connectivity index (χ2n) is 7.90. The van der Waals surface area contributed by atoms with Crippen LogP contribution in [-0.4, -0.2) is 58.1 Å². The lowest BCUT2D eigenvalue weighted by atomic mass is 9.95. The van der Waals surface area contributed by atoms with Crippen LogP contribution < -0.4 is 10.2 Å². The number of benzene rings is 1. The van der Waals surface area contributed by atoms with Crippen LogP contribution in [0.4, 0.5) is 15.0 Å². The summed E-state index contributed by atoms with van der Waals surface area (Å²) in [7, 11) is 0. The average Bonchev–Trinajstić information content (AvgIpc) is 3.40. The fourth-order valence-corrected chi connectivity index (χ4v) is 4.44. The molecular weight excluding hydrogens is 387 g/mol. The summed E-state index contributed by atoms with van der Waals surface area (Å²) in [5.41, 5.74) is 1.30. The number of amidine groups is 1. The zero-order chi connectivity index (χ0) is 20.7. The molecule has 0 unspecified atom stereocenters. The van der Waals surface area contributed by atoms with E-state index >= 15 is 0 Å². The fraction of sp³-hybridized carbons (Fsp3) is 0.429. The maximum Gasteiger partial charge on any atom is 0.331 e. The maximum absolute atomic E-state index is 13.4. The molecule has 3 heterocycles. The Morgan fingerprint density at radius 2 is 1.93 bits per heavy atom. The largest absolute Gasteiger partial charge is 0.352 e. The van der Waals surface area contributed by atoms with Gasteiger partial charge in [-0.25, -0.2) is 13.9 Å². The van der Waals surface area contributed by atoms with Gasteiger partial charge in [0.2, 0.25) is 5.91 Å². The molecule has 3 amide bonds. The predicted molar refractivity (Wildman–Crippen MR) is 109 cm³/mol. The zero-order valence-corrected chi connectivity index (χ0v) is 16.6. The van der Waals surface area contributed by atoms with E-state index < -0.39 is 0 Å². The van der Waals surface area contributed by atoms with E-state index in [0.29, 0.717) is 36.0 Å². The molecule has 1 saturated carbocycles. The molecule has 0 atom stereocenters. The van der Waals surface area contributed by atoms with Crippen molar-refractivity contribution < 1.29 is 14.0 Å². The number of rotatable bonds is 4. The highest BCUT2D eigenvalue weighted by Gasteiger charge is 2.41. The Bertz CT molecular complexity index is 1010. The molecule has 30 heavy (non-hydrogen) atoms. The number of fused-ring (bicyclic) bond motifs is 3. The quantitative estimate of drug-likeness (QED) is 0.841. The lowest BCUT2D eigenvalue weighted by Crippen LogP contribution is -2.54. The Morgan fingerprint density at radius 1 is 1.17 bits per heavy atom. The van der Waals surface area contributed by atoms with Crippen LogP contribution in [-0.2, 0) is 4.79 Å². The molecule has 5 rings (SSSR count). The number of hydrogen-bond donors (Lipinski definition) is 1. The monoisotopic (exact) mass is 410 g/mol. The topological polar surface area (TPSA) is 82.8 Å². The summed E-state index contributed by atoms with van der Waals surface area (Å²) in [6.07, 6.45) is 7.02. The first kappa shape index (κ1) is 18.8. The van der Waals surface area contributed by atoms with Crippen molar-refractivity contribution in [3.8, 4) is 5.69 Å². The third kappa shape index (κ3) is 3.24.